The fourth-order valence-electron chi connectivity index (χ4n) is 2.16. The van der Waals surface area contributed by atoms with Gasteiger partial charge in [0.25, 0.3) is 0 Å². The van der Waals surface area contributed by atoms with E-state index < -0.39 is 0 Å². The van der Waals surface area contributed by atoms with Gasteiger partial charge in [-0.05, 0) is 43.0 Å². The topological polar surface area (TPSA) is 12.0 Å². The van der Waals surface area contributed by atoms with Gasteiger partial charge in [-0.15, -0.1) is 0 Å². The minimum atomic E-state index is -0.327. The Hall–Kier alpha value is -0.600. The van der Waals surface area contributed by atoms with Crippen molar-refractivity contribution in [3.8, 4) is 0 Å². The van der Waals surface area contributed by atoms with E-state index in [9.17, 15) is 4.39 Å². The standard InChI is InChI=1S/C16H25ClFN/c1-4-10-19-16(7-5-6-12(2)3)13-8-9-14(17)15(18)11-13/h8-9,11-12,16,19H,4-7,10H2,1-3H3. The van der Waals surface area contributed by atoms with E-state index in [-0.39, 0.29) is 16.9 Å². The Labute approximate surface area is 121 Å². The van der Waals surface area contributed by atoms with E-state index in [1.54, 1.807) is 12.1 Å². The lowest BCUT2D eigenvalue weighted by Gasteiger charge is -2.20. The smallest absolute Gasteiger partial charge is 0.142 e. The zero-order valence-corrected chi connectivity index (χ0v) is 12.9. The van der Waals surface area contributed by atoms with Crippen LogP contribution in [-0.2, 0) is 0 Å². The van der Waals surface area contributed by atoms with E-state index in [0.717, 1.165) is 31.4 Å². The predicted octanol–water partition coefficient (Wildman–Crippen LogP) is 5.35. The summed E-state index contributed by atoms with van der Waals surface area (Å²) in [7, 11) is 0. The Morgan fingerprint density at radius 1 is 1.26 bits per heavy atom. The summed E-state index contributed by atoms with van der Waals surface area (Å²) < 4.78 is 13.6. The molecule has 0 spiro atoms. The normalized spacial score (nSPS) is 12.9. The number of benzene rings is 1. The molecule has 1 unspecified atom stereocenters. The number of halogens is 2. The molecule has 0 bridgehead atoms. The Morgan fingerprint density at radius 3 is 2.58 bits per heavy atom. The number of nitrogens with one attached hydrogen (secondary N) is 1. The van der Waals surface area contributed by atoms with E-state index in [1.807, 2.05) is 6.07 Å². The molecule has 1 nitrogen and oxygen atoms in total. The Balaban J connectivity index is 2.68. The highest BCUT2D eigenvalue weighted by Crippen LogP contribution is 2.24. The number of hydrogen-bond acceptors (Lipinski definition) is 1. The summed E-state index contributed by atoms with van der Waals surface area (Å²) in [5.74, 6) is 0.389. The van der Waals surface area contributed by atoms with Crippen molar-refractivity contribution in [3.05, 3.63) is 34.6 Å². The summed E-state index contributed by atoms with van der Waals surface area (Å²) >= 11 is 5.74. The maximum absolute atomic E-state index is 13.6. The molecule has 0 fully saturated rings. The van der Waals surface area contributed by atoms with Crippen molar-refractivity contribution in [2.45, 2.75) is 52.5 Å². The summed E-state index contributed by atoms with van der Waals surface area (Å²) in [6.45, 7) is 7.56. The molecule has 1 atom stereocenters. The average Bonchev–Trinajstić information content (AvgIpc) is 2.36. The molecule has 0 aliphatic heterocycles. The van der Waals surface area contributed by atoms with E-state index >= 15 is 0 Å². The predicted molar refractivity (Wildman–Crippen MR) is 81.1 cm³/mol. The summed E-state index contributed by atoms with van der Waals surface area (Å²) in [6.07, 6.45) is 4.49. The van der Waals surface area contributed by atoms with Crippen LogP contribution in [0.3, 0.4) is 0 Å². The van der Waals surface area contributed by atoms with Gasteiger partial charge in [-0.2, -0.15) is 0 Å². The monoisotopic (exact) mass is 285 g/mol. The third kappa shape index (κ3) is 5.92. The lowest BCUT2D eigenvalue weighted by atomic mass is 9.98. The van der Waals surface area contributed by atoms with E-state index in [1.165, 1.54) is 6.42 Å². The molecule has 0 aromatic heterocycles. The molecule has 108 valence electrons. The second-order valence-electron chi connectivity index (χ2n) is 5.51. The van der Waals surface area contributed by atoms with Crippen molar-refractivity contribution in [1.82, 2.24) is 5.32 Å². The SMILES string of the molecule is CCCNC(CCCC(C)C)c1ccc(Cl)c(F)c1. The maximum atomic E-state index is 13.6. The maximum Gasteiger partial charge on any atom is 0.142 e. The minimum Gasteiger partial charge on any atom is -0.310 e. The zero-order chi connectivity index (χ0) is 14.3. The first-order valence-corrected chi connectivity index (χ1v) is 7.60. The highest BCUT2D eigenvalue weighted by Gasteiger charge is 2.12. The van der Waals surface area contributed by atoms with Crippen LogP contribution in [0.25, 0.3) is 0 Å². The molecule has 3 heteroatoms. The van der Waals surface area contributed by atoms with Crippen LogP contribution in [0.1, 0.15) is 58.1 Å². The van der Waals surface area contributed by atoms with E-state index in [2.05, 4.69) is 26.1 Å². The van der Waals surface area contributed by atoms with Crippen LogP contribution in [0.2, 0.25) is 5.02 Å². The van der Waals surface area contributed by atoms with Gasteiger partial charge in [0, 0.05) is 6.04 Å². The molecule has 1 N–H and O–H groups in total. The first kappa shape index (κ1) is 16.5. The Morgan fingerprint density at radius 2 is 2.00 bits per heavy atom. The summed E-state index contributed by atoms with van der Waals surface area (Å²) in [5.41, 5.74) is 0.999. The van der Waals surface area contributed by atoms with Gasteiger partial charge in [0.2, 0.25) is 0 Å². The van der Waals surface area contributed by atoms with Crippen molar-refractivity contribution < 1.29 is 4.39 Å². The average molecular weight is 286 g/mol. The second-order valence-corrected chi connectivity index (χ2v) is 5.91. The highest BCUT2D eigenvalue weighted by atomic mass is 35.5. The van der Waals surface area contributed by atoms with Crippen molar-refractivity contribution in [2.24, 2.45) is 5.92 Å². The molecule has 19 heavy (non-hydrogen) atoms. The summed E-state index contributed by atoms with van der Waals surface area (Å²) in [4.78, 5) is 0. The van der Waals surface area contributed by atoms with Crippen LogP contribution in [0.5, 0.6) is 0 Å². The summed E-state index contributed by atoms with van der Waals surface area (Å²) in [6, 6.07) is 5.36. The first-order valence-electron chi connectivity index (χ1n) is 7.23. The van der Waals surface area contributed by atoms with Crippen LogP contribution in [0.15, 0.2) is 18.2 Å². The summed E-state index contributed by atoms with van der Waals surface area (Å²) in [5, 5.41) is 3.69. The van der Waals surface area contributed by atoms with Gasteiger partial charge in [0.15, 0.2) is 0 Å². The zero-order valence-electron chi connectivity index (χ0n) is 12.2. The molecule has 0 aliphatic carbocycles. The fraction of sp³-hybridized carbons (Fsp3) is 0.625. The third-order valence-corrected chi connectivity index (χ3v) is 3.57. The molecule has 0 aliphatic rings. The highest BCUT2D eigenvalue weighted by molar-refractivity contribution is 6.30. The molecule has 0 radical (unpaired) electrons. The minimum absolute atomic E-state index is 0.195. The van der Waals surface area contributed by atoms with Gasteiger partial charge in [0.1, 0.15) is 5.82 Å². The molecular formula is C16H25ClFN. The quantitative estimate of drug-likeness (QED) is 0.679. The lowest BCUT2D eigenvalue weighted by molar-refractivity contribution is 0.446. The van der Waals surface area contributed by atoms with Crippen LogP contribution < -0.4 is 5.32 Å². The van der Waals surface area contributed by atoms with Crippen molar-refractivity contribution >= 4 is 11.6 Å². The van der Waals surface area contributed by atoms with Crippen LogP contribution in [-0.4, -0.2) is 6.54 Å². The first-order chi connectivity index (χ1) is 9.04. The lowest BCUT2D eigenvalue weighted by Crippen LogP contribution is -2.22. The Kier molecular flexibility index (Phi) is 7.40. The van der Waals surface area contributed by atoms with Gasteiger partial charge in [-0.25, -0.2) is 4.39 Å². The largest absolute Gasteiger partial charge is 0.310 e. The number of rotatable bonds is 8. The van der Waals surface area contributed by atoms with Crippen molar-refractivity contribution in [2.75, 3.05) is 6.54 Å². The molecular weight excluding hydrogens is 261 g/mol. The fourth-order valence-corrected chi connectivity index (χ4v) is 2.28. The van der Waals surface area contributed by atoms with Gasteiger partial charge in [0.05, 0.1) is 5.02 Å². The molecule has 0 amide bonds. The third-order valence-electron chi connectivity index (χ3n) is 3.26. The van der Waals surface area contributed by atoms with Crippen LogP contribution in [0.4, 0.5) is 4.39 Å². The molecule has 0 heterocycles. The van der Waals surface area contributed by atoms with Crippen LogP contribution >= 0.6 is 11.6 Å². The molecule has 1 aromatic carbocycles. The Bertz CT molecular complexity index is 379. The van der Waals surface area contributed by atoms with E-state index in [4.69, 9.17) is 11.6 Å². The van der Waals surface area contributed by atoms with E-state index in [0.29, 0.717) is 5.92 Å². The molecule has 1 aromatic rings. The van der Waals surface area contributed by atoms with Crippen molar-refractivity contribution in [3.63, 3.8) is 0 Å². The molecule has 0 saturated carbocycles. The van der Waals surface area contributed by atoms with Crippen molar-refractivity contribution in [1.29, 1.82) is 0 Å². The second kappa shape index (κ2) is 8.55. The molecule has 0 saturated heterocycles. The van der Waals surface area contributed by atoms with Gasteiger partial charge in [-0.1, -0.05) is 51.3 Å². The molecule has 1 rings (SSSR count). The van der Waals surface area contributed by atoms with Gasteiger partial charge >= 0.3 is 0 Å². The van der Waals surface area contributed by atoms with Gasteiger partial charge in [-0.3, -0.25) is 0 Å². The van der Waals surface area contributed by atoms with Gasteiger partial charge < -0.3 is 5.32 Å². The van der Waals surface area contributed by atoms with Crippen LogP contribution in [0, 0.1) is 11.7 Å². The number of hydrogen-bond donors (Lipinski definition) is 1.